The van der Waals surface area contributed by atoms with Gasteiger partial charge in [-0.25, -0.2) is 17.8 Å². The molecule has 0 aliphatic heterocycles. The lowest BCUT2D eigenvalue weighted by Gasteiger charge is -2.19. The van der Waals surface area contributed by atoms with Crippen LogP contribution >= 0.6 is 0 Å². The van der Waals surface area contributed by atoms with Gasteiger partial charge >= 0.3 is 0 Å². The van der Waals surface area contributed by atoms with E-state index in [1.807, 2.05) is 13.8 Å². The fourth-order valence-corrected chi connectivity index (χ4v) is 3.65. The van der Waals surface area contributed by atoms with Gasteiger partial charge in [0.2, 0.25) is 0 Å². The first-order valence-corrected chi connectivity index (χ1v) is 9.70. The zero-order chi connectivity index (χ0) is 18.7. The molecule has 8 heteroatoms. The Labute approximate surface area is 151 Å². The van der Waals surface area contributed by atoms with Gasteiger partial charge in [-0.15, -0.1) is 0 Å². The van der Waals surface area contributed by atoms with Crippen molar-refractivity contribution in [3.05, 3.63) is 54.6 Å². The first kappa shape index (κ1) is 18.1. The number of nitrogens with zero attached hydrogens (tertiary/aromatic N) is 3. The summed E-state index contributed by atoms with van der Waals surface area (Å²) in [5.41, 5.74) is 0.871. The number of pyridine rings is 2. The van der Waals surface area contributed by atoms with Crippen LogP contribution in [0.5, 0.6) is 0 Å². The molecular formula is C18H19FN4O2S. The molecule has 0 aliphatic carbocycles. The third-order valence-corrected chi connectivity index (χ3v) is 5.36. The molecule has 0 aliphatic rings. The molecule has 26 heavy (non-hydrogen) atoms. The van der Waals surface area contributed by atoms with Gasteiger partial charge in [-0.3, -0.25) is 9.71 Å². The van der Waals surface area contributed by atoms with E-state index in [4.69, 9.17) is 0 Å². The first-order chi connectivity index (χ1) is 12.4. The largest absolute Gasteiger partial charge is 0.357 e. The van der Waals surface area contributed by atoms with E-state index >= 15 is 0 Å². The second kappa shape index (κ2) is 7.25. The molecule has 0 spiro atoms. The zero-order valence-corrected chi connectivity index (χ0v) is 15.3. The smallest absolute Gasteiger partial charge is 0.263 e. The Hall–Kier alpha value is -2.74. The van der Waals surface area contributed by atoms with Crippen LogP contribution in [0, 0.1) is 5.82 Å². The summed E-state index contributed by atoms with van der Waals surface area (Å²) >= 11 is 0. The molecular weight excluding hydrogens is 355 g/mol. The van der Waals surface area contributed by atoms with Crippen LogP contribution in [0.1, 0.15) is 13.8 Å². The number of fused-ring (bicyclic) bond motifs is 1. The van der Waals surface area contributed by atoms with E-state index in [0.29, 0.717) is 16.6 Å². The molecule has 0 bridgehead atoms. The predicted molar refractivity (Wildman–Crippen MR) is 100 cm³/mol. The first-order valence-electron chi connectivity index (χ1n) is 8.22. The van der Waals surface area contributed by atoms with Gasteiger partial charge in [0.15, 0.2) is 0 Å². The second-order valence-corrected chi connectivity index (χ2v) is 7.37. The fraction of sp³-hybridized carbons (Fsp3) is 0.222. The number of hydrogen-bond acceptors (Lipinski definition) is 5. The van der Waals surface area contributed by atoms with Crippen molar-refractivity contribution in [1.29, 1.82) is 0 Å². The SMILES string of the molecule is CCN(CC)c1ccc(NS(=O)(=O)c2cnc3ccc(F)cc3c2)cn1. The van der Waals surface area contributed by atoms with Gasteiger partial charge in [-0.2, -0.15) is 0 Å². The molecule has 3 aromatic rings. The van der Waals surface area contributed by atoms with Crippen LogP contribution in [-0.4, -0.2) is 31.5 Å². The van der Waals surface area contributed by atoms with Crippen LogP contribution in [0.15, 0.2) is 53.7 Å². The third-order valence-electron chi connectivity index (χ3n) is 4.02. The van der Waals surface area contributed by atoms with E-state index in [1.54, 1.807) is 12.1 Å². The van der Waals surface area contributed by atoms with E-state index in [-0.39, 0.29) is 4.90 Å². The van der Waals surface area contributed by atoms with Crippen LogP contribution in [-0.2, 0) is 10.0 Å². The Bertz CT molecular complexity index is 1020. The molecule has 136 valence electrons. The maximum absolute atomic E-state index is 13.4. The van der Waals surface area contributed by atoms with Crippen LogP contribution < -0.4 is 9.62 Å². The summed E-state index contributed by atoms with van der Waals surface area (Å²) in [5.74, 6) is 0.332. The number of halogens is 1. The van der Waals surface area contributed by atoms with E-state index in [9.17, 15) is 12.8 Å². The number of nitrogens with one attached hydrogen (secondary N) is 1. The Morgan fingerprint density at radius 3 is 2.46 bits per heavy atom. The monoisotopic (exact) mass is 374 g/mol. The Balaban J connectivity index is 1.86. The summed E-state index contributed by atoms with van der Waals surface area (Å²) in [6, 6.07) is 8.85. The molecule has 0 saturated carbocycles. The lowest BCUT2D eigenvalue weighted by molar-refractivity contribution is 0.601. The van der Waals surface area contributed by atoms with Gasteiger partial charge in [-0.05, 0) is 50.2 Å². The van der Waals surface area contributed by atoms with Gasteiger partial charge < -0.3 is 4.90 Å². The summed E-state index contributed by atoms with van der Waals surface area (Å²) in [6.45, 7) is 5.68. The lowest BCUT2D eigenvalue weighted by atomic mass is 10.2. The molecule has 0 unspecified atom stereocenters. The number of benzene rings is 1. The minimum atomic E-state index is -3.85. The minimum absolute atomic E-state index is 0.0385. The fourth-order valence-electron chi connectivity index (χ4n) is 2.62. The molecule has 6 nitrogen and oxygen atoms in total. The topological polar surface area (TPSA) is 75.2 Å². The average molecular weight is 374 g/mol. The van der Waals surface area contributed by atoms with E-state index in [2.05, 4.69) is 19.6 Å². The maximum atomic E-state index is 13.4. The van der Waals surface area contributed by atoms with E-state index < -0.39 is 15.8 Å². The standard InChI is InChI=1S/C18H19FN4O2S/c1-3-23(4-2)18-8-6-15(11-21-18)22-26(24,25)16-10-13-9-14(19)5-7-17(13)20-12-16/h5-12,22H,3-4H2,1-2H3. The second-order valence-electron chi connectivity index (χ2n) is 5.69. The van der Waals surface area contributed by atoms with Crippen molar-refractivity contribution in [2.75, 3.05) is 22.7 Å². The Kier molecular flexibility index (Phi) is 5.03. The van der Waals surface area contributed by atoms with Crippen LogP contribution in [0.4, 0.5) is 15.9 Å². The van der Waals surface area contributed by atoms with Crippen LogP contribution in [0.2, 0.25) is 0 Å². The zero-order valence-electron chi connectivity index (χ0n) is 14.5. The molecule has 2 aromatic heterocycles. The number of anilines is 2. The van der Waals surface area contributed by atoms with Gasteiger partial charge in [0, 0.05) is 24.7 Å². The summed E-state index contributed by atoms with van der Waals surface area (Å²) in [7, 11) is -3.85. The molecule has 1 N–H and O–H groups in total. The highest BCUT2D eigenvalue weighted by molar-refractivity contribution is 7.92. The predicted octanol–water partition coefficient (Wildman–Crippen LogP) is 3.42. The lowest BCUT2D eigenvalue weighted by Crippen LogP contribution is -2.23. The number of aromatic nitrogens is 2. The van der Waals surface area contributed by atoms with Crippen molar-refractivity contribution in [2.45, 2.75) is 18.7 Å². The average Bonchev–Trinajstić information content (AvgIpc) is 2.63. The van der Waals surface area contributed by atoms with Crippen molar-refractivity contribution in [3.63, 3.8) is 0 Å². The summed E-state index contributed by atoms with van der Waals surface area (Å²) in [6.07, 6.45) is 2.72. The van der Waals surface area contributed by atoms with Crippen LogP contribution in [0.3, 0.4) is 0 Å². The number of sulfonamides is 1. The van der Waals surface area contributed by atoms with Crippen molar-refractivity contribution in [2.24, 2.45) is 0 Å². The normalized spacial score (nSPS) is 11.5. The van der Waals surface area contributed by atoms with E-state index in [1.165, 1.54) is 36.7 Å². The molecule has 2 heterocycles. The molecule has 0 saturated heterocycles. The minimum Gasteiger partial charge on any atom is -0.357 e. The Morgan fingerprint density at radius 1 is 1.04 bits per heavy atom. The number of hydrogen-bond donors (Lipinski definition) is 1. The van der Waals surface area contributed by atoms with Crippen molar-refractivity contribution >= 4 is 32.4 Å². The summed E-state index contributed by atoms with van der Waals surface area (Å²) in [4.78, 5) is 10.4. The van der Waals surface area contributed by atoms with Crippen molar-refractivity contribution in [3.8, 4) is 0 Å². The van der Waals surface area contributed by atoms with Crippen LogP contribution in [0.25, 0.3) is 10.9 Å². The number of rotatable bonds is 6. The molecule has 0 amide bonds. The van der Waals surface area contributed by atoms with Gasteiger partial charge in [0.1, 0.15) is 16.5 Å². The third kappa shape index (κ3) is 3.75. The summed E-state index contributed by atoms with van der Waals surface area (Å²) in [5, 5.41) is 0.419. The molecule has 3 rings (SSSR count). The molecule has 0 fully saturated rings. The van der Waals surface area contributed by atoms with Crippen molar-refractivity contribution < 1.29 is 12.8 Å². The highest BCUT2D eigenvalue weighted by atomic mass is 32.2. The van der Waals surface area contributed by atoms with Crippen molar-refractivity contribution in [1.82, 2.24) is 9.97 Å². The van der Waals surface area contributed by atoms with E-state index in [0.717, 1.165) is 18.9 Å². The molecule has 0 atom stereocenters. The quantitative estimate of drug-likeness (QED) is 0.716. The highest BCUT2D eigenvalue weighted by Crippen LogP contribution is 2.21. The maximum Gasteiger partial charge on any atom is 0.263 e. The summed E-state index contributed by atoms with van der Waals surface area (Å²) < 4.78 is 41.0. The molecule has 0 radical (unpaired) electrons. The highest BCUT2D eigenvalue weighted by Gasteiger charge is 2.16. The van der Waals surface area contributed by atoms with Gasteiger partial charge in [0.05, 0.1) is 17.4 Å². The van der Waals surface area contributed by atoms with Gasteiger partial charge in [0.25, 0.3) is 10.0 Å². The van der Waals surface area contributed by atoms with Gasteiger partial charge in [-0.1, -0.05) is 0 Å². The Morgan fingerprint density at radius 2 is 1.81 bits per heavy atom. The molecule has 1 aromatic carbocycles.